The molecule has 3 rings (SSSR count). The lowest BCUT2D eigenvalue weighted by Gasteiger charge is -2.41. The summed E-state index contributed by atoms with van der Waals surface area (Å²) in [6.07, 6.45) is 4.56. The lowest BCUT2D eigenvalue weighted by Crippen LogP contribution is -2.54. The number of anilines is 1. The van der Waals surface area contributed by atoms with E-state index in [9.17, 15) is 9.59 Å². The summed E-state index contributed by atoms with van der Waals surface area (Å²) in [5.41, 5.74) is 1.03. The molecular formula is C21H31N3O3. The summed E-state index contributed by atoms with van der Waals surface area (Å²) in [6, 6.07) is 7.07. The summed E-state index contributed by atoms with van der Waals surface area (Å²) < 4.78 is 5.85. The van der Waals surface area contributed by atoms with Crippen LogP contribution in [0.1, 0.15) is 56.8 Å². The molecule has 2 saturated heterocycles. The number of amides is 3. The van der Waals surface area contributed by atoms with Crippen LogP contribution < -0.4 is 5.32 Å². The molecule has 6 nitrogen and oxygen atoms in total. The highest BCUT2D eigenvalue weighted by Crippen LogP contribution is 2.22. The first-order valence-electron chi connectivity index (χ1n) is 9.97. The number of urea groups is 1. The van der Waals surface area contributed by atoms with E-state index >= 15 is 0 Å². The zero-order valence-corrected chi connectivity index (χ0v) is 16.7. The Hall–Kier alpha value is -2.08. The van der Waals surface area contributed by atoms with Gasteiger partial charge in [-0.3, -0.25) is 4.79 Å². The van der Waals surface area contributed by atoms with E-state index in [4.69, 9.17) is 4.74 Å². The van der Waals surface area contributed by atoms with Gasteiger partial charge in [-0.15, -0.1) is 0 Å². The van der Waals surface area contributed by atoms with Gasteiger partial charge in [-0.1, -0.05) is 12.8 Å². The Morgan fingerprint density at radius 2 is 1.67 bits per heavy atom. The number of benzene rings is 1. The maximum atomic E-state index is 12.7. The molecule has 0 spiro atoms. The van der Waals surface area contributed by atoms with E-state index in [0.717, 1.165) is 25.9 Å². The summed E-state index contributed by atoms with van der Waals surface area (Å²) in [7, 11) is 0. The molecule has 0 saturated carbocycles. The van der Waals surface area contributed by atoms with Crippen LogP contribution >= 0.6 is 0 Å². The molecule has 148 valence electrons. The summed E-state index contributed by atoms with van der Waals surface area (Å²) in [5.74, 6) is 0.0820. The minimum Gasteiger partial charge on any atom is -0.369 e. The molecule has 0 bridgehead atoms. The molecule has 27 heavy (non-hydrogen) atoms. The van der Waals surface area contributed by atoms with Crippen LogP contribution in [0, 0.1) is 0 Å². The molecule has 1 atom stereocenters. The third kappa shape index (κ3) is 5.22. The lowest BCUT2D eigenvalue weighted by molar-refractivity contribution is -0.116. The first-order valence-corrected chi connectivity index (χ1v) is 9.97. The Morgan fingerprint density at radius 1 is 1.04 bits per heavy atom. The van der Waals surface area contributed by atoms with Crippen molar-refractivity contribution in [2.24, 2.45) is 0 Å². The predicted octanol–water partition coefficient (Wildman–Crippen LogP) is 3.73. The number of nitrogens with one attached hydrogen (secondary N) is 1. The second-order valence-electron chi connectivity index (χ2n) is 8.28. The van der Waals surface area contributed by atoms with Crippen molar-refractivity contribution in [2.75, 3.05) is 31.5 Å². The van der Waals surface area contributed by atoms with Gasteiger partial charge in [-0.2, -0.15) is 0 Å². The summed E-state index contributed by atoms with van der Waals surface area (Å²) in [5, 5.41) is 2.93. The fraction of sp³-hybridized carbons (Fsp3) is 0.619. The molecule has 2 aliphatic rings. The van der Waals surface area contributed by atoms with E-state index < -0.39 is 0 Å². The fourth-order valence-corrected chi connectivity index (χ4v) is 3.96. The van der Waals surface area contributed by atoms with Gasteiger partial charge in [-0.25, -0.2) is 4.79 Å². The molecule has 2 heterocycles. The van der Waals surface area contributed by atoms with Gasteiger partial charge < -0.3 is 19.9 Å². The number of ether oxygens (including phenoxy) is 1. The number of rotatable bonds is 2. The number of likely N-dealkylation sites (tertiary alicyclic amines) is 1. The molecule has 1 N–H and O–H groups in total. The van der Waals surface area contributed by atoms with E-state index in [1.54, 1.807) is 29.2 Å². The molecular weight excluding hydrogens is 342 g/mol. The second kappa shape index (κ2) is 8.30. The minimum absolute atomic E-state index is 0.00752. The Bertz CT molecular complexity index is 664. The van der Waals surface area contributed by atoms with Gasteiger partial charge in [0.15, 0.2) is 0 Å². The average Bonchev–Trinajstić information content (AvgIpc) is 2.89. The van der Waals surface area contributed by atoms with Crippen molar-refractivity contribution in [3.63, 3.8) is 0 Å². The molecule has 0 radical (unpaired) electrons. The van der Waals surface area contributed by atoms with Gasteiger partial charge in [0.1, 0.15) is 0 Å². The van der Waals surface area contributed by atoms with E-state index in [1.807, 2.05) is 25.7 Å². The maximum absolute atomic E-state index is 12.7. The van der Waals surface area contributed by atoms with Crippen molar-refractivity contribution in [3.05, 3.63) is 29.8 Å². The van der Waals surface area contributed by atoms with E-state index in [1.165, 1.54) is 12.8 Å². The highest BCUT2D eigenvalue weighted by atomic mass is 16.5. The van der Waals surface area contributed by atoms with Crippen molar-refractivity contribution in [1.29, 1.82) is 0 Å². The number of hydrogen-bond donors (Lipinski definition) is 1. The number of nitrogens with zero attached hydrogens (tertiary/aromatic N) is 2. The molecule has 2 fully saturated rings. The van der Waals surface area contributed by atoms with Crippen LogP contribution in [0.2, 0.25) is 0 Å². The summed E-state index contributed by atoms with van der Waals surface area (Å²) >= 11 is 0. The number of hydrogen-bond acceptors (Lipinski definition) is 3. The van der Waals surface area contributed by atoms with Crippen molar-refractivity contribution < 1.29 is 14.3 Å². The average molecular weight is 373 g/mol. The second-order valence-corrected chi connectivity index (χ2v) is 8.28. The molecule has 6 heteroatoms. The highest BCUT2D eigenvalue weighted by Gasteiger charge is 2.33. The smallest absolute Gasteiger partial charge is 0.322 e. The largest absolute Gasteiger partial charge is 0.369 e. The third-order valence-corrected chi connectivity index (χ3v) is 5.13. The van der Waals surface area contributed by atoms with Crippen LogP contribution in [-0.4, -0.2) is 59.6 Å². The van der Waals surface area contributed by atoms with E-state index in [-0.39, 0.29) is 23.6 Å². The zero-order valence-electron chi connectivity index (χ0n) is 16.7. The van der Waals surface area contributed by atoms with Gasteiger partial charge in [0, 0.05) is 30.9 Å². The predicted molar refractivity (Wildman–Crippen MR) is 106 cm³/mol. The quantitative estimate of drug-likeness (QED) is 0.859. The number of carbonyl (C=O) groups excluding carboxylic acids is 2. The normalized spacial score (nSPS) is 22.9. The minimum atomic E-state index is -0.349. The first kappa shape index (κ1) is 19.7. The summed E-state index contributed by atoms with van der Waals surface area (Å²) in [4.78, 5) is 29.0. The number of carbonyl (C=O) groups is 2. The van der Waals surface area contributed by atoms with Crippen LogP contribution in [0.15, 0.2) is 24.3 Å². The molecule has 0 aliphatic carbocycles. The maximum Gasteiger partial charge on any atom is 0.322 e. The van der Waals surface area contributed by atoms with Gasteiger partial charge in [0.25, 0.3) is 5.91 Å². The van der Waals surface area contributed by atoms with Crippen LogP contribution in [0.5, 0.6) is 0 Å². The van der Waals surface area contributed by atoms with Gasteiger partial charge in [0.05, 0.1) is 18.2 Å². The molecule has 3 amide bonds. The van der Waals surface area contributed by atoms with Crippen LogP contribution in [-0.2, 0) is 4.74 Å². The van der Waals surface area contributed by atoms with Crippen molar-refractivity contribution in [3.8, 4) is 0 Å². The topological polar surface area (TPSA) is 61.9 Å². The molecule has 2 aliphatic heterocycles. The standard InChI is InChI=1S/C21H31N3O3/c1-16-14-24(15-21(2,3)27-16)20(26)22-18-10-8-17(9-11-18)19(25)23-12-6-4-5-7-13-23/h8-11,16H,4-7,12-15H2,1-3H3,(H,22,26). The Balaban J connectivity index is 1.60. The van der Waals surface area contributed by atoms with Crippen LogP contribution in [0.4, 0.5) is 10.5 Å². The molecule has 0 aromatic heterocycles. The van der Waals surface area contributed by atoms with Gasteiger partial charge in [-0.05, 0) is 57.9 Å². The highest BCUT2D eigenvalue weighted by molar-refractivity contribution is 5.95. The zero-order chi connectivity index (χ0) is 19.4. The summed E-state index contributed by atoms with van der Waals surface area (Å²) in [6.45, 7) is 8.75. The van der Waals surface area contributed by atoms with Crippen LogP contribution in [0.25, 0.3) is 0 Å². The molecule has 1 aromatic rings. The number of morpholine rings is 1. The van der Waals surface area contributed by atoms with Gasteiger partial charge >= 0.3 is 6.03 Å². The van der Waals surface area contributed by atoms with Crippen molar-refractivity contribution in [2.45, 2.75) is 58.2 Å². The molecule has 1 aromatic carbocycles. The van der Waals surface area contributed by atoms with Gasteiger partial charge in [0.2, 0.25) is 0 Å². The first-order chi connectivity index (χ1) is 12.8. The van der Waals surface area contributed by atoms with Crippen LogP contribution in [0.3, 0.4) is 0 Å². The lowest BCUT2D eigenvalue weighted by atomic mass is 10.1. The Kier molecular flexibility index (Phi) is 6.05. The Morgan fingerprint density at radius 3 is 2.26 bits per heavy atom. The SMILES string of the molecule is CC1CN(C(=O)Nc2ccc(C(=O)N3CCCCCC3)cc2)CC(C)(C)O1. The Labute approximate surface area is 161 Å². The van der Waals surface area contributed by atoms with Crippen molar-refractivity contribution in [1.82, 2.24) is 9.80 Å². The van der Waals surface area contributed by atoms with E-state index in [0.29, 0.717) is 24.3 Å². The van der Waals surface area contributed by atoms with E-state index in [2.05, 4.69) is 5.32 Å². The fourth-order valence-electron chi connectivity index (χ4n) is 3.96. The molecule has 1 unspecified atom stereocenters. The monoisotopic (exact) mass is 373 g/mol. The third-order valence-electron chi connectivity index (χ3n) is 5.13. The van der Waals surface area contributed by atoms with Crippen molar-refractivity contribution >= 4 is 17.6 Å².